The number of hydrogen-bond acceptors (Lipinski definition) is 3. The van der Waals surface area contributed by atoms with Crippen molar-refractivity contribution in [1.82, 2.24) is 0 Å². The van der Waals surface area contributed by atoms with Gasteiger partial charge in [-0.1, -0.05) is 38.0 Å². The van der Waals surface area contributed by atoms with Gasteiger partial charge in [0.15, 0.2) is 0 Å². The van der Waals surface area contributed by atoms with Gasteiger partial charge in [0.25, 0.3) is 0 Å². The summed E-state index contributed by atoms with van der Waals surface area (Å²) in [6, 6.07) is 17.1. The van der Waals surface area contributed by atoms with Gasteiger partial charge in [0.2, 0.25) is 0 Å². The van der Waals surface area contributed by atoms with Gasteiger partial charge in [-0.05, 0) is 42.8 Å². The molecule has 3 nitrogen and oxygen atoms in total. The van der Waals surface area contributed by atoms with E-state index in [1.807, 2.05) is 54.6 Å². The van der Waals surface area contributed by atoms with Crippen LogP contribution in [0.3, 0.4) is 0 Å². The first-order chi connectivity index (χ1) is 10.3. The summed E-state index contributed by atoms with van der Waals surface area (Å²) in [4.78, 5) is 0. The standard InChI is InChI=1S/C18H22O3/c1-2-3-7-15(19)14-20-16-10-12-18(13-11-16)21-17-8-5-4-6-9-17/h4-6,8-13,15,19H,2-3,7,14H2,1H3. The van der Waals surface area contributed by atoms with Crippen LogP contribution in [0.4, 0.5) is 0 Å². The van der Waals surface area contributed by atoms with Crippen LogP contribution in [0, 0.1) is 0 Å². The number of para-hydroxylation sites is 1. The maximum absolute atomic E-state index is 9.74. The molecule has 0 aromatic heterocycles. The van der Waals surface area contributed by atoms with Crippen LogP contribution >= 0.6 is 0 Å². The first-order valence-corrected chi connectivity index (χ1v) is 7.41. The number of aliphatic hydroxyl groups is 1. The molecule has 0 bridgehead atoms. The minimum absolute atomic E-state index is 0.332. The van der Waals surface area contributed by atoms with Crippen LogP contribution in [0.2, 0.25) is 0 Å². The Balaban J connectivity index is 1.82. The second kappa shape index (κ2) is 8.32. The van der Waals surface area contributed by atoms with Gasteiger partial charge < -0.3 is 14.6 Å². The fourth-order valence-corrected chi connectivity index (χ4v) is 1.94. The summed E-state index contributed by atoms with van der Waals surface area (Å²) in [5.41, 5.74) is 0. The molecular formula is C18H22O3. The topological polar surface area (TPSA) is 38.7 Å². The Morgan fingerprint density at radius 2 is 1.52 bits per heavy atom. The molecule has 0 heterocycles. The highest BCUT2D eigenvalue weighted by Crippen LogP contribution is 2.23. The van der Waals surface area contributed by atoms with E-state index in [4.69, 9.17) is 9.47 Å². The van der Waals surface area contributed by atoms with Crippen molar-refractivity contribution in [1.29, 1.82) is 0 Å². The monoisotopic (exact) mass is 286 g/mol. The van der Waals surface area contributed by atoms with E-state index < -0.39 is 6.10 Å². The third-order valence-electron chi connectivity index (χ3n) is 3.14. The number of unbranched alkanes of at least 4 members (excludes halogenated alkanes) is 1. The molecule has 2 aromatic rings. The Bertz CT molecular complexity index is 508. The van der Waals surface area contributed by atoms with Crippen LogP contribution in [0.1, 0.15) is 26.2 Å². The van der Waals surface area contributed by atoms with Crippen LogP contribution in [0.15, 0.2) is 54.6 Å². The quantitative estimate of drug-likeness (QED) is 0.781. The van der Waals surface area contributed by atoms with Crippen LogP contribution in [0.5, 0.6) is 17.2 Å². The molecule has 112 valence electrons. The fraction of sp³-hybridized carbons (Fsp3) is 0.333. The Morgan fingerprint density at radius 3 is 2.19 bits per heavy atom. The smallest absolute Gasteiger partial charge is 0.127 e. The van der Waals surface area contributed by atoms with E-state index >= 15 is 0 Å². The number of benzene rings is 2. The van der Waals surface area contributed by atoms with E-state index in [9.17, 15) is 5.11 Å². The van der Waals surface area contributed by atoms with E-state index in [0.29, 0.717) is 6.61 Å². The van der Waals surface area contributed by atoms with Crippen molar-refractivity contribution < 1.29 is 14.6 Å². The van der Waals surface area contributed by atoms with Gasteiger partial charge in [-0.3, -0.25) is 0 Å². The highest BCUT2D eigenvalue weighted by molar-refractivity contribution is 5.35. The minimum atomic E-state index is -0.398. The van der Waals surface area contributed by atoms with Crippen LogP contribution in [0.25, 0.3) is 0 Å². The first kappa shape index (κ1) is 15.4. The van der Waals surface area contributed by atoms with E-state index in [1.54, 1.807) is 0 Å². The van der Waals surface area contributed by atoms with E-state index in [1.165, 1.54) is 0 Å². The molecule has 3 heteroatoms. The maximum atomic E-state index is 9.74. The second-order valence-electron chi connectivity index (χ2n) is 4.99. The molecule has 2 aromatic carbocycles. The average molecular weight is 286 g/mol. The van der Waals surface area contributed by atoms with Gasteiger partial charge in [-0.25, -0.2) is 0 Å². The zero-order valence-electron chi connectivity index (χ0n) is 12.4. The predicted octanol–water partition coefficient (Wildman–Crippen LogP) is 4.41. The maximum Gasteiger partial charge on any atom is 0.127 e. The molecule has 0 aliphatic heterocycles. The van der Waals surface area contributed by atoms with Gasteiger partial charge in [0, 0.05) is 0 Å². The SMILES string of the molecule is CCCCC(O)COc1ccc(Oc2ccccc2)cc1. The van der Waals surface area contributed by atoms with Crippen molar-refractivity contribution in [2.75, 3.05) is 6.61 Å². The number of hydrogen-bond donors (Lipinski definition) is 1. The summed E-state index contributed by atoms with van der Waals surface area (Å²) in [7, 11) is 0. The molecule has 0 amide bonds. The van der Waals surface area contributed by atoms with Gasteiger partial charge in [-0.15, -0.1) is 0 Å². The number of aliphatic hydroxyl groups excluding tert-OH is 1. The first-order valence-electron chi connectivity index (χ1n) is 7.41. The number of ether oxygens (including phenoxy) is 2. The molecule has 0 saturated heterocycles. The lowest BCUT2D eigenvalue weighted by molar-refractivity contribution is 0.0980. The molecular weight excluding hydrogens is 264 g/mol. The highest BCUT2D eigenvalue weighted by atomic mass is 16.5. The van der Waals surface area contributed by atoms with Gasteiger partial charge in [0.05, 0.1) is 6.10 Å². The van der Waals surface area contributed by atoms with E-state index in [0.717, 1.165) is 36.5 Å². The van der Waals surface area contributed by atoms with Gasteiger partial charge in [0.1, 0.15) is 23.9 Å². The Kier molecular flexibility index (Phi) is 6.10. The molecule has 2 rings (SSSR count). The van der Waals surface area contributed by atoms with Gasteiger partial charge in [-0.2, -0.15) is 0 Å². The predicted molar refractivity (Wildman–Crippen MR) is 84.0 cm³/mol. The summed E-state index contributed by atoms with van der Waals surface area (Å²) in [6.07, 6.45) is 2.49. The van der Waals surface area contributed by atoms with Crippen LogP contribution in [-0.4, -0.2) is 17.8 Å². The fourth-order valence-electron chi connectivity index (χ4n) is 1.94. The number of rotatable bonds is 8. The highest BCUT2D eigenvalue weighted by Gasteiger charge is 2.05. The van der Waals surface area contributed by atoms with Crippen LogP contribution < -0.4 is 9.47 Å². The van der Waals surface area contributed by atoms with Gasteiger partial charge >= 0.3 is 0 Å². The molecule has 0 spiro atoms. The van der Waals surface area contributed by atoms with Crippen LogP contribution in [-0.2, 0) is 0 Å². The Morgan fingerprint density at radius 1 is 0.905 bits per heavy atom. The van der Waals surface area contributed by atoms with Crippen molar-refractivity contribution >= 4 is 0 Å². The Labute approximate surface area is 126 Å². The third kappa shape index (κ3) is 5.48. The molecule has 0 fully saturated rings. The van der Waals surface area contributed by atoms with E-state index in [-0.39, 0.29) is 0 Å². The molecule has 0 aliphatic carbocycles. The third-order valence-corrected chi connectivity index (χ3v) is 3.14. The van der Waals surface area contributed by atoms with E-state index in [2.05, 4.69) is 6.92 Å². The second-order valence-corrected chi connectivity index (χ2v) is 4.99. The lowest BCUT2D eigenvalue weighted by Crippen LogP contribution is -2.17. The molecule has 21 heavy (non-hydrogen) atoms. The zero-order valence-corrected chi connectivity index (χ0v) is 12.4. The lowest BCUT2D eigenvalue weighted by atomic mass is 10.2. The summed E-state index contributed by atoms with van der Waals surface area (Å²) < 4.78 is 11.3. The minimum Gasteiger partial charge on any atom is -0.491 e. The molecule has 0 saturated carbocycles. The Hall–Kier alpha value is -2.00. The lowest BCUT2D eigenvalue weighted by Gasteiger charge is -2.12. The molecule has 1 unspecified atom stereocenters. The van der Waals surface area contributed by atoms with Crippen molar-refractivity contribution in [3.8, 4) is 17.2 Å². The average Bonchev–Trinajstić information content (AvgIpc) is 2.53. The normalized spacial score (nSPS) is 11.9. The summed E-state index contributed by atoms with van der Waals surface area (Å²) >= 11 is 0. The van der Waals surface area contributed by atoms with Crippen molar-refractivity contribution in [3.63, 3.8) is 0 Å². The summed E-state index contributed by atoms with van der Waals surface area (Å²) in [5.74, 6) is 2.31. The largest absolute Gasteiger partial charge is 0.491 e. The zero-order chi connectivity index (χ0) is 14.9. The van der Waals surface area contributed by atoms with Crippen molar-refractivity contribution in [2.24, 2.45) is 0 Å². The molecule has 0 radical (unpaired) electrons. The van der Waals surface area contributed by atoms with Crippen molar-refractivity contribution in [2.45, 2.75) is 32.3 Å². The molecule has 0 aliphatic rings. The van der Waals surface area contributed by atoms with Crippen molar-refractivity contribution in [3.05, 3.63) is 54.6 Å². The summed E-state index contributed by atoms with van der Waals surface area (Å²) in [5, 5.41) is 9.74. The summed E-state index contributed by atoms with van der Waals surface area (Å²) in [6.45, 7) is 2.44. The molecule has 1 N–H and O–H groups in total. The molecule has 1 atom stereocenters.